The minimum atomic E-state index is -0.924. The van der Waals surface area contributed by atoms with Crippen LogP contribution < -0.4 is 15.1 Å². The summed E-state index contributed by atoms with van der Waals surface area (Å²) in [5.74, 6) is 0.0888. The highest BCUT2D eigenvalue weighted by atomic mass is 19.1. The lowest BCUT2D eigenvalue weighted by molar-refractivity contribution is -0.127. The molecule has 2 saturated heterocycles. The summed E-state index contributed by atoms with van der Waals surface area (Å²) < 4.78 is 19.8. The van der Waals surface area contributed by atoms with Crippen molar-refractivity contribution in [3.63, 3.8) is 0 Å². The molecule has 4 rings (SSSR count). The zero-order chi connectivity index (χ0) is 21.3. The van der Waals surface area contributed by atoms with Crippen LogP contribution in [0.5, 0.6) is 0 Å². The fourth-order valence-electron chi connectivity index (χ4n) is 3.59. The third-order valence-corrected chi connectivity index (χ3v) is 5.32. The van der Waals surface area contributed by atoms with Crippen molar-refractivity contribution >= 4 is 29.3 Å². The number of aromatic nitrogens is 1. The molecular weight excluding hydrogens is 391 g/mol. The first-order valence-corrected chi connectivity index (χ1v) is 9.68. The summed E-state index contributed by atoms with van der Waals surface area (Å²) in [6.45, 7) is 1.29. The highest BCUT2D eigenvalue weighted by Crippen LogP contribution is 2.29. The van der Waals surface area contributed by atoms with Gasteiger partial charge in [0.2, 0.25) is 0 Å². The van der Waals surface area contributed by atoms with Gasteiger partial charge in [-0.1, -0.05) is 0 Å². The number of ketones is 1. The molecule has 2 aliphatic rings. The molecule has 2 amide bonds. The number of nitrogens with zero attached hydrogens (tertiary/aromatic N) is 3. The van der Waals surface area contributed by atoms with Gasteiger partial charge in [-0.25, -0.2) is 14.2 Å². The molecule has 1 aromatic heterocycles. The summed E-state index contributed by atoms with van der Waals surface area (Å²) in [5.41, 5.74) is 1.26. The normalized spacial score (nSPS) is 19.1. The fraction of sp³-hybridized carbons (Fsp3) is 0.333. The summed E-state index contributed by atoms with van der Waals surface area (Å²) in [6.07, 6.45) is 1.00. The second-order valence-electron chi connectivity index (χ2n) is 7.19. The molecule has 30 heavy (non-hydrogen) atoms. The third kappa shape index (κ3) is 3.83. The van der Waals surface area contributed by atoms with Gasteiger partial charge in [-0.2, -0.15) is 0 Å². The Kier molecular flexibility index (Phi) is 5.35. The zero-order valence-electron chi connectivity index (χ0n) is 16.4. The molecule has 156 valence electrons. The van der Waals surface area contributed by atoms with Crippen LogP contribution in [0.4, 0.5) is 20.7 Å². The van der Waals surface area contributed by atoms with Crippen LogP contribution in [0.3, 0.4) is 0 Å². The summed E-state index contributed by atoms with van der Waals surface area (Å²) >= 11 is 0. The number of carbonyl (C=O) groups is 3. The highest BCUT2D eigenvalue weighted by Gasteiger charge is 2.36. The molecular formula is C21H21FN4O4. The third-order valence-electron chi connectivity index (χ3n) is 5.32. The largest absolute Gasteiger partial charge is 0.434 e. The molecule has 1 atom stereocenters. The van der Waals surface area contributed by atoms with Crippen molar-refractivity contribution < 1.29 is 23.5 Å². The molecule has 3 heterocycles. The number of hydrogen-bond acceptors (Lipinski definition) is 6. The van der Waals surface area contributed by atoms with Crippen molar-refractivity contribution in [1.29, 1.82) is 0 Å². The average Bonchev–Trinajstić information content (AvgIpc) is 3.15. The number of pyridine rings is 1. The molecule has 8 nitrogen and oxygen atoms in total. The number of Topliss-reactive ketones (excluding diaryl/α,β-unsaturated/α-hetero) is 1. The molecule has 2 aliphatic heterocycles. The molecule has 1 aromatic carbocycles. The van der Waals surface area contributed by atoms with Crippen molar-refractivity contribution in [3.8, 4) is 11.1 Å². The number of piperidine rings is 1. The van der Waals surface area contributed by atoms with Crippen molar-refractivity contribution in [1.82, 2.24) is 10.3 Å². The van der Waals surface area contributed by atoms with E-state index in [-0.39, 0.29) is 12.3 Å². The van der Waals surface area contributed by atoms with Gasteiger partial charge in [-0.3, -0.25) is 14.5 Å². The van der Waals surface area contributed by atoms with Gasteiger partial charge in [0, 0.05) is 50.3 Å². The number of carbonyl (C=O) groups excluding carboxylic acids is 3. The molecule has 2 fully saturated rings. The first-order valence-electron chi connectivity index (χ1n) is 9.68. The monoisotopic (exact) mass is 412 g/mol. The minimum Gasteiger partial charge on any atom is -0.434 e. The lowest BCUT2D eigenvalue weighted by Crippen LogP contribution is -2.35. The van der Waals surface area contributed by atoms with Gasteiger partial charge >= 0.3 is 6.09 Å². The van der Waals surface area contributed by atoms with Crippen LogP contribution in [0.1, 0.15) is 12.8 Å². The van der Waals surface area contributed by atoms with Crippen molar-refractivity contribution in [3.05, 3.63) is 42.3 Å². The Labute approximate surface area is 172 Å². The van der Waals surface area contributed by atoms with Crippen LogP contribution in [0.15, 0.2) is 36.5 Å². The average molecular weight is 412 g/mol. The fourth-order valence-corrected chi connectivity index (χ4v) is 3.59. The van der Waals surface area contributed by atoms with Gasteiger partial charge in [0.15, 0.2) is 6.10 Å². The number of benzene rings is 1. The molecule has 1 unspecified atom stereocenters. The van der Waals surface area contributed by atoms with Gasteiger partial charge in [0.25, 0.3) is 5.91 Å². The van der Waals surface area contributed by atoms with E-state index in [1.807, 2.05) is 11.0 Å². The summed E-state index contributed by atoms with van der Waals surface area (Å²) in [7, 11) is 1.46. The van der Waals surface area contributed by atoms with E-state index in [0.717, 1.165) is 5.82 Å². The Morgan fingerprint density at radius 3 is 2.60 bits per heavy atom. The van der Waals surface area contributed by atoms with Gasteiger partial charge < -0.3 is 15.0 Å². The van der Waals surface area contributed by atoms with Crippen LogP contribution in [0.25, 0.3) is 11.1 Å². The van der Waals surface area contributed by atoms with E-state index in [2.05, 4.69) is 10.3 Å². The number of nitrogens with one attached hydrogen (secondary N) is 1. The van der Waals surface area contributed by atoms with E-state index in [1.165, 1.54) is 18.0 Å². The number of ether oxygens (including phenoxy) is 1. The van der Waals surface area contributed by atoms with Crippen LogP contribution in [0.2, 0.25) is 0 Å². The number of rotatable bonds is 4. The van der Waals surface area contributed by atoms with E-state index in [4.69, 9.17) is 4.74 Å². The Balaban J connectivity index is 1.50. The summed E-state index contributed by atoms with van der Waals surface area (Å²) in [6, 6.07) is 8.01. The van der Waals surface area contributed by atoms with E-state index in [9.17, 15) is 18.8 Å². The topological polar surface area (TPSA) is 91.8 Å². The number of anilines is 2. The predicted octanol–water partition coefficient (Wildman–Crippen LogP) is 2.13. The Morgan fingerprint density at radius 2 is 1.97 bits per heavy atom. The quantitative estimate of drug-likeness (QED) is 0.827. The molecule has 1 N–H and O–H groups in total. The lowest BCUT2D eigenvalue weighted by Gasteiger charge is -2.27. The smallest absolute Gasteiger partial charge is 0.415 e. The lowest BCUT2D eigenvalue weighted by atomic mass is 10.1. The van der Waals surface area contributed by atoms with Crippen molar-refractivity contribution in [2.45, 2.75) is 18.9 Å². The Bertz CT molecular complexity index is 985. The first-order chi connectivity index (χ1) is 14.5. The van der Waals surface area contributed by atoms with E-state index >= 15 is 0 Å². The minimum absolute atomic E-state index is 0.0197. The number of cyclic esters (lactones) is 1. The number of likely N-dealkylation sites (N-methyl/N-ethyl adjacent to an activating group) is 1. The Hall–Kier alpha value is -3.49. The van der Waals surface area contributed by atoms with Crippen LogP contribution in [-0.2, 0) is 14.3 Å². The molecule has 0 radical (unpaired) electrons. The van der Waals surface area contributed by atoms with Crippen LogP contribution in [0, 0.1) is 5.82 Å². The zero-order valence-corrected chi connectivity index (χ0v) is 16.4. The second-order valence-corrected chi connectivity index (χ2v) is 7.19. The second kappa shape index (κ2) is 8.10. The summed E-state index contributed by atoms with van der Waals surface area (Å²) in [5, 5.41) is 2.43. The van der Waals surface area contributed by atoms with Crippen LogP contribution in [-0.4, -0.2) is 55.6 Å². The molecule has 0 bridgehead atoms. The molecule has 2 aromatic rings. The molecule has 9 heteroatoms. The SMILES string of the molecule is CNC(=O)C1CN(c2ccc(-c3ccc(N4CCC(=O)CC4)nc3)c(F)c2)C(=O)O1. The molecule has 0 spiro atoms. The Morgan fingerprint density at radius 1 is 1.20 bits per heavy atom. The van der Waals surface area contributed by atoms with Crippen molar-refractivity contribution in [2.24, 2.45) is 0 Å². The van der Waals surface area contributed by atoms with Gasteiger partial charge in [-0.05, 0) is 30.3 Å². The molecule has 0 aliphatic carbocycles. The number of hydrogen-bond donors (Lipinski definition) is 1. The summed E-state index contributed by atoms with van der Waals surface area (Å²) in [4.78, 5) is 42.8. The standard InChI is InChI=1S/C21H21FN4O4/c1-23-20(28)18-12-26(21(29)30-18)14-3-4-16(17(22)10-14)13-2-5-19(24-11-13)25-8-6-15(27)7-9-25/h2-5,10-11,18H,6-9,12H2,1H3,(H,23,28). The van der Waals surface area contributed by atoms with Gasteiger partial charge in [0.1, 0.15) is 17.4 Å². The number of halogens is 1. The predicted molar refractivity (Wildman–Crippen MR) is 108 cm³/mol. The van der Waals surface area contributed by atoms with Gasteiger partial charge in [-0.15, -0.1) is 0 Å². The molecule has 0 saturated carbocycles. The first kappa shape index (κ1) is 19.8. The van der Waals surface area contributed by atoms with E-state index < -0.39 is 23.9 Å². The van der Waals surface area contributed by atoms with Gasteiger partial charge in [0.05, 0.1) is 12.2 Å². The van der Waals surface area contributed by atoms with Crippen LogP contribution >= 0.6 is 0 Å². The van der Waals surface area contributed by atoms with E-state index in [1.54, 1.807) is 24.4 Å². The highest BCUT2D eigenvalue weighted by molar-refractivity contribution is 5.95. The maximum absolute atomic E-state index is 14.8. The number of amides is 2. The van der Waals surface area contributed by atoms with Crippen molar-refractivity contribution in [2.75, 3.05) is 36.5 Å². The maximum Gasteiger partial charge on any atom is 0.415 e. The van der Waals surface area contributed by atoms with E-state index in [0.29, 0.717) is 42.7 Å². The maximum atomic E-state index is 14.8.